The first-order valence-electron chi connectivity index (χ1n) is 6.20. The van der Waals surface area contributed by atoms with Gasteiger partial charge in [-0.3, -0.25) is 0 Å². The Morgan fingerprint density at radius 2 is 2.05 bits per heavy atom. The largest absolute Gasteiger partial charge is 0.486 e. The molecular formula is C14H10BrN3O2. The number of hydrogen-bond acceptors (Lipinski definition) is 4. The highest BCUT2D eigenvalue weighted by Gasteiger charge is 2.18. The van der Waals surface area contributed by atoms with Gasteiger partial charge in [-0.1, -0.05) is 6.07 Å². The molecule has 3 aromatic rings. The van der Waals surface area contributed by atoms with E-state index < -0.39 is 0 Å². The predicted octanol–water partition coefficient (Wildman–Crippen LogP) is 2.93. The molecule has 0 fully saturated rings. The van der Waals surface area contributed by atoms with Gasteiger partial charge in [0.1, 0.15) is 17.8 Å². The summed E-state index contributed by atoms with van der Waals surface area (Å²) in [6, 6.07) is 5.84. The Kier molecular flexibility index (Phi) is 2.63. The second-order valence-electron chi connectivity index (χ2n) is 4.43. The van der Waals surface area contributed by atoms with Gasteiger partial charge in [0, 0.05) is 18.0 Å². The van der Waals surface area contributed by atoms with Gasteiger partial charge in [0.25, 0.3) is 0 Å². The van der Waals surface area contributed by atoms with Crippen molar-refractivity contribution in [3.8, 4) is 22.8 Å². The summed E-state index contributed by atoms with van der Waals surface area (Å²) in [6.07, 6.45) is 5.55. The third-order valence-corrected chi connectivity index (χ3v) is 3.56. The van der Waals surface area contributed by atoms with Crippen LogP contribution in [0.2, 0.25) is 0 Å². The van der Waals surface area contributed by atoms with E-state index >= 15 is 0 Å². The van der Waals surface area contributed by atoms with Crippen LogP contribution in [0.1, 0.15) is 0 Å². The van der Waals surface area contributed by atoms with E-state index in [1.807, 2.05) is 35.0 Å². The van der Waals surface area contributed by atoms with Crippen LogP contribution in [0.25, 0.3) is 16.9 Å². The van der Waals surface area contributed by atoms with E-state index in [1.54, 1.807) is 6.20 Å². The number of hydrogen-bond donors (Lipinski definition) is 0. The van der Waals surface area contributed by atoms with Crippen LogP contribution in [0.15, 0.2) is 41.4 Å². The molecule has 1 aliphatic heterocycles. The Balaban J connectivity index is 1.90. The van der Waals surface area contributed by atoms with E-state index in [0.717, 1.165) is 33.0 Å². The van der Waals surface area contributed by atoms with Gasteiger partial charge in [-0.2, -0.15) is 0 Å². The summed E-state index contributed by atoms with van der Waals surface area (Å²) in [7, 11) is 0. The maximum atomic E-state index is 5.73. The zero-order valence-corrected chi connectivity index (χ0v) is 12.0. The Morgan fingerprint density at radius 1 is 1.15 bits per heavy atom. The third kappa shape index (κ3) is 1.84. The number of nitrogens with zero attached hydrogens (tertiary/aromatic N) is 3. The van der Waals surface area contributed by atoms with Crippen LogP contribution in [0, 0.1) is 0 Å². The average molecular weight is 332 g/mol. The summed E-state index contributed by atoms with van der Waals surface area (Å²) in [5.74, 6) is 1.53. The summed E-state index contributed by atoms with van der Waals surface area (Å²) in [4.78, 5) is 8.76. The molecule has 0 amide bonds. The summed E-state index contributed by atoms with van der Waals surface area (Å²) in [5, 5.41) is 0. The number of benzene rings is 1. The number of halogens is 1. The molecule has 1 aromatic carbocycles. The first-order chi connectivity index (χ1) is 9.81. The fourth-order valence-electron chi connectivity index (χ4n) is 2.28. The first kappa shape index (κ1) is 11.7. The summed E-state index contributed by atoms with van der Waals surface area (Å²) >= 11 is 3.35. The molecule has 20 heavy (non-hydrogen) atoms. The van der Waals surface area contributed by atoms with Gasteiger partial charge in [-0.05, 0) is 28.1 Å². The lowest BCUT2D eigenvalue weighted by atomic mass is 10.1. The number of ether oxygens (including phenoxy) is 2. The maximum Gasteiger partial charge on any atom is 0.170 e. The first-order valence-corrected chi connectivity index (χ1v) is 7.00. The van der Waals surface area contributed by atoms with Crippen LogP contribution in [0.5, 0.6) is 11.5 Å². The average Bonchev–Trinajstić information content (AvgIpc) is 2.89. The lowest BCUT2D eigenvalue weighted by molar-refractivity contribution is 0.172. The van der Waals surface area contributed by atoms with Crippen molar-refractivity contribution in [2.45, 2.75) is 0 Å². The standard InChI is InChI=1S/C14H10BrN3O2/c15-12-8-18-7-10(17-13(18)6-16-12)9-2-1-3-11-14(9)20-5-4-19-11/h1-3,6-8H,4-5H2. The van der Waals surface area contributed by atoms with Crippen molar-refractivity contribution in [2.24, 2.45) is 0 Å². The Morgan fingerprint density at radius 3 is 3.00 bits per heavy atom. The predicted molar refractivity (Wildman–Crippen MR) is 77.1 cm³/mol. The molecule has 0 unspecified atom stereocenters. The van der Waals surface area contributed by atoms with Gasteiger partial charge < -0.3 is 13.9 Å². The van der Waals surface area contributed by atoms with Gasteiger partial charge in [0.2, 0.25) is 0 Å². The van der Waals surface area contributed by atoms with Crippen LogP contribution in [0.3, 0.4) is 0 Å². The molecule has 5 nitrogen and oxygen atoms in total. The van der Waals surface area contributed by atoms with Gasteiger partial charge in [0.15, 0.2) is 17.1 Å². The van der Waals surface area contributed by atoms with Crippen LogP contribution in [-0.2, 0) is 0 Å². The number of imidazole rings is 1. The van der Waals surface area contributed by atoms with E-state index in [-0.39, 0.29) is 0 Å². The number of aromatic nitrogens is 3. The zero-order valence-electron chi connectivity index (χ0n) is 10.4. The molecule has 4 rings (SSSR count). The molecule has 0 bridgehead atoms. The van der Waals surface area contributed by atoms with Crippen LogP contribution in [0.4, 0.5) is 0 Å². The molecule has 0 spiro atoms. The number of rotatable bonds is 1. The van der Waals surface area contributed by atoms with E-state index in [1.165, 1.54) is 0 Å². The molecule has 2 aromatic heterocycles. The quantitative estimate of drug-likeness (QED) is 0.687. The topological polar surface area (TPSA) is 48.7 Å². The molecule has 0 N–H and O–H groups in total. The number of para-hydroxylation sites is 1. The minimum Gasteiger partial charge on any atom is -0.486 e. The van der Waals surface area contributed by atoms with Gasteiger partial charge in [-0.25, -0.2) is 9.97 Å². The van der Waals surface area contributed by atoms with Crippen molar-refractivity contribution in [1.29, 1.82) is 0 Å². The van der Waals surface area contributed by atoms with E-state index in [0.29, 0.717) is 13.2 Å². The normalized spacial score (nSPS) is 13.7. The molecule has 0 radical (unpaired) electrons. The van der Waals surface area contributed by atoms with Crippen molar-refractivity contribution in [1.82, 2.24) is 14.4 Å². The fourth-order valence-corrected chi connectivity index (χ4v) is 2.60. The summed E-state index contributed by atoms with van der Waals surface area (Å²) in [6.45, 7) is 1.14. The Hall–Kier alpha value is -2.08. The minimum atomic E-state index is 0.560. The van der Waals surface area contributed by atoms with Crippen LogP contribution in [-0.4, -0.2) is 27.6 Å². The van der Waals surface area contributed by atoms with Crippen molar-refractivity contribution < 1.29 is 9.47 Å². The summed E-state index contributed by atoms with van der Waals surface area (Å²) < 4.78 is 14.0. The SMILES string of the molecule is Brc1cn2cc(-c3cccc4c3OCCO4)nc2cn1. The molecule has 1 aliphatic rings. The molecule has 0 saturated carbocycles. The second-order valence-corrected chi connectivity index (χ2v) is 5.24. The zero-order chi connectivity index (χ0) is 13.5. The van der Waals surface area contributed by atoms with Crippen LogP contribution >= 0.6 is 15.9 Å². The highest BCUT2D eigenvalue weighted by atomic mass is 79.9. The van der Waals surface area contributed by atoms with Crippen molar-refractivity contribution in [2.75, 3.05) is 13.2 Å². The summed E-state index contributed by atoms with van der Waals surface area (Å²) in [5.41, 5.74) is 2.56. The van der Waals surface area contributed by atoms with Gasteiger partial charge in [-0.15, -0.1) is 0 Å². The Bertz CT molecular complexity index is 800. The minimum absolute atomic E-state index is 0.560. The molecule has 0 aliphatic carbocycles. The second kappa shape index (κ2) is 4.49. The molecular weight excluding hydrogens is 322 g/mol. The molecule has 0 atom stereocenters. The molecule has 3 heterocycles. The smallest absolute Gasteiger partial charge is 0.170 e. The van der Waals surface area contributed by atoms with Crippen LogP contribution < -0.4 is 9.47 Å². The lowest BCUT2D eigenvalue weighted by Crippen LogP contribution is -2.15. The Labute approximate surface area is 123 Å². The van der Waals surface area contributed by atoms with E-state index in [4.69, 9.17) is 9.47 Å². The third-order valence-electron chi connectivity index (χ3n) is 3.15. The lowest BCUT2D eigenvalue weighted by Gasteiger charge is -2.20. The van der Waals surface area contributed by atoms with E-state index in [9.17, 15) is 0 Å². The monoisotopic (exact) mass is 331 g/mol. The maximum absolute atomic E-state index is 5.73. The number of fused-ring (bicyclic) bond motifs is 2. The molecule has 100 valence electrons. The van der Waals surface area contributed by atoms with E-state index in [2.05, 4.69) is 25.9 Å². The van der Waals surface area contributed by atoms with Crippen molar-refractivity contribution >= 4 is 21.6 Å². The van der Waals surface area contributed by atoms with Gasteiger partial charge in [0.05, 0.1) is 11.9 Å². The highest BCUT2D eigenvalue weighted by molar-refractivity contribution is 9.10. The van der Waals surface area contributed by atoms with Gasteiger partial charge >= 0.3 is 0 Å². The molecule has 0 saturated heterocycles. The molecule has 6 heteroatoms. The van der Waals surface area contributed by atoms with Crippen molar-refractivity contribution in [3.05, 3.63) is 41.4 Å². The fraction of sp³-hybridized carbons (Fsp3) is 0.143. The highest BCUT2D eigenvalue weighted by Crippen LogP contribution is 2.39. The van der Waals surface area contributed by atoms with Crippen molar-refractivity contribution in [3.63, 3.8) is 0 Å².